The third-order valence-corrected chi connectivity index (χ3v) is 9.91. The van der Waals surface area contributed by atoms with Crippen LogP contribution in [0.2, 0.25) is 0 Å². The average molecular weight is 629 g/mol. The van der Waals surface area contributed by atoms with Gasteiger partial charge in [0.2, 0.25) is 0 Å². The Balaban J connectivity index is 1.45. The molecule has 0 aliphatic heterocycles. The van der Waals surface area contributed by atoms with E-state index in [1.54, 1.807) is 0 Å². The van der Waals surface area contributed by atoms with Crippen LogP contribution >= 0.6 is 0 Å². The molecule has 0 aliphatic carbocycles. The summed E-state index contributed by atoms with van der Waals surface area (Å²) >= 11 is 0. The third-order valence-electron chi connectivity index (χ3n) is 9.91. The molecule has 0 spiro atoms. The minimum absolute atomic E-state index is 0.0127. The maximum absolute atomic E-state index is 2.45. The normalized spacial score (nSPS) is 11.7. The van der Waals surface area contributed by atoms with Gasteiger partial charge >= 0.3 is 0 Å². The first-order valence-electron chi connectivity index (χ1n) is 17.3. The highest BCUT2D eigenvalue weighted by molar-refractivity contribution is 6.22. The van der Waals surface area contributed by atoms with Gasteiger partial charge in [0.1, 0.15) is 0 Å². The Kier molecular flexibility index (Phi) is 7.73. The molecule has 0 nitrogen and oxygen atoms in total. The number of fused-ring (bicyclic) bond motifs is 2. The Bertz CT molecular complexity index is 2420. The highest BCUT2D eigenvalue weighted by atomic mass is 14.2. The van der Waals surface area contributed by atoms with E-state index in [2.05, 4.69) is 198 Å². The van der Waals surface area contributed by atoms with Crippen LogP contribution in [0.3, 0.4) is 0 Å². The van der Waals surface area contributed by atoms with E-state index in [1.165, 1.54) is 88.3 Å². The van der Waals surface area contributed by atoms with Gasteiger partial charge in [-0.3, -0.25) is 0 Å². The zero-order valence-corrected chi connectivity index (χ0v) is 28.7. The van der Waals surface area contributed by atoms with Gasteiger partial charge in [0.05, 0.1) is 0 Å². The van der Waals surface area contributed by atoms with Gasteiger partial charge in [0.25, 0.3) is 0 Å². The minimum atomic E-state index is 0.0127. The van der Waals surface area contributed by atoms with Crippen LogP contribution in [0.25, 0.3) is 77.2 Å². The smallest absolute Gasteiger partial charge is 0.00260 e. The fraction of sp³-hybridized carbons (Fsp3) is 0.102. The molecular weight excluding hydrogens is 589 g/mol. The summed E-state index contributed by atoms with van der Waals surface area (Å²) in [5.41, 5.74) is 15.0. The fourth-order valence-corrected chi connectivity index (χ4v) is 7.19. The molecule has 0 radical (unpaired) electrons. The van der Waals surface area contributed by atoms with Gasteiger partial charge < -0.3 is 0 Å². The summed E-state index contributed by atoms with van der Waals surface area (Å²) in [6, 6.07) is 62.8. The molecule has 0 fully saturated rings. The second kappa shape index (κ2) is 12.4. The second-order valence-electron chi connectivity index (χ2n) is 14.3. The highest BCUT2D eigenvalue weighted by Crippen LogP contribution is 2.46. The van der Waals surface area contributed by atoms with Gasteiger partial charge in [-0.1, -0.05) is 178 Å². The van der Waals surface area contributed by atoms with E-state index < -0.39 is 0 Å². The zero-order valence-electron chi connectivity index (χ0n) is 28.7. The molecule has 49 heavy (non-hydrogen) atoms. The fourth-order valence-electron chi connectivity index (χ4n) is 7.19. The summed E-state index contributed by atoms with van der Waals surface area (Å²) in [6.07, 6.45) is 0. The summed E-state index contributed by atoms with van der Waals surface area (Å²) in [6.45, 7) is 9.07. The van der Waals surface area contributed by atoms with Gasteiger partial charge in [0, 0.05) is 0 Å². The predicted molar refractivity (Wildman–Crippen MR) is 212 cm³/mol. The summed E-state index contributed by atoms with van der Waals surface area (Å²) < 4.78 is 0. The molecule has 0 aliphatic rings. The molecule has 0 heteroatoms. The molecule has 0 saturated heterocycles. The Hall–Kier alpha value is -5.72. The average Bonchev–Trinajstić information content (AvgIpc) is 3.14. The van der Waals surface area contributed by atoms with Crippen molar-refractivity contribution in [3.05, 3.63) is 181 Å². The van der Waals surface area contributed by atoms with Crippen molar-refractivity contribution in [2.24, 2.45) is 0 Å². The lowest BCUT2D eigenvalue weighted by atomic mass is 9.80. The predicted octanol–water partition coefficient (Wildman–Crippen LogP) is 13.9. The van der Waals surface area contributed by atoms with Crippen LogP contribution in [0.5, 0.6) is 0 Å². The van der Waals surface area contributed by atoms with E-state index in [9.17, 15) is 0 Å². The molecule has 8 aromatic rings. The minimum Gasteiger partial charge on any atom is -0.0622 e. The van der Waals surface area contributed by atoms with Gasteiger partial charge in [-0.05, 0) is 113 Å². The van der Waals surface area contributed by atoms with Crippen LogP contribution < -0.4 is 0 Å². The van der Waals surface area contributed by atoms with Gasteiger partial charge in [-0.15, -0.1) is 0 Å². The van der Waals surface area contributed by atoms with Crippen LogP contribution in [0.4, 0.5) is 0 Å². The Labute approximate surface area is 290 Å². The molecule has 8 rings (SSSR count). The SMILES string of the molecule is Cc1ccc(-c2cccc(-c3c4ccc(-c5ccccc5)cc4c(-c4ccc(-c5ccccc5)cc4)c4ccc(C(C)(C)C)cc34)c2)cc1. The molecule has 8 aromatic carbocycles. The molecule has 0 bridgehead atoms. The Morgan fingerprint density at radius 3 is 1.39 bits per heavy atom. The molecule has 0 amide bonds. The van der Waals surface area contributed by atoms with Gasteiger partial charge in [-0.2, -0.15) is 0 Å². The van der Waals surface area contributed by atoms with Crippen molar-refractivity contribution in [3.63, 3.8) is 0 Å². The van der Waals surface area contributed by atoms with Crippen LogP contribution in [-0.4, -0.2) is 0 Å². The Morgan fingerprint density at radius 2 is 0.735 bits per heavy atom. The van der Waals surface area contributed by atoms with Crippen molar-refractivity contribution in [2.45, 2.75) is 33.1 Å². The molecule has 0 N–H and O–H groups in total. The quantitative estimate of drug-likeness (QED) is 0.166. The molecule has 0 saturated carbocycles. The van der Waals surface area contributed by atoms with Crippen molar-refractivity contribution in [1.29, 1.82) is 0 Å². The van der Waals surface area contributed by atoms with Crippen molar-refractivity contribution < 1.29 is 0 Å². The van der Waals surface area contributed by atoms with Crippen molar-refractivity contribution in [1.82, 2.24) is 0 Å². The maximum Gasteiger partial charge on any atom is -0.00260 e. The molecule has 0 heterocycles. The van der Waals surface area contributed by atoms with Gasteiger partial charge in [-0.25, -0.2) is 0 Å². The largest absolute Gasteiger partial charge is 0.0622 e. The zero-order chi connectivity index (χ0) is 33.5. The van der Waals surface area contributed by atoms with Crippen molar-refractivity contribution in [2.75, 3.05) is 0 Å². The van der Waals surface area contributed by atoms with E-state index in [4.69, 9.17) is 0 Å². The molecule has 0 aromatic heterocycles. The molecule has 0 atom stereocenters. The number of aryl methyl sites for hydroxylation is 1. The number of hydrogen-bond acceptors (Lipinski definition) is 0. The molecule has 236 valence electrons. The lowest BCUT2D eigenvalue weighted by molar-refractivity contribution is 0.591. The van der Waals surface area contributed by atoms with E-state index >= 15 is 0 Å². The highest BCUT2D eigenvalue weighted by Gasteiger charge is 2.21. The van der Waals surface area contributed by atoms with E-state index in [1.807, 2.05) is 0 Å². The summed E-state index contributed by atoms with van der Waals surface area (Å²) in [7, 11) is 0. The lowest BCUT2D eigenvalue weighted by Gasteiger charge is -2.23. The van der Waals surface area contributed by atoms with Crippen LogP contribution in [-0.2, 0) is 5.41 Å². The van der Waals surface area contributed by atoms with Crippen molar-refractivity contribution in [3.8, 4) is 55.6 Å². The molecular formula is C49H40. The second-order valence-corrected chi connectivity index (χ2v) is 14.3. The summed E-state index contributed by atoms with van der Waals surface area (Å²) in [5.74, 6) is 0. The van der Waals surface area contributed by atoms with E-state index in [-0.39, 0.29) is 5.41 Å². The summed E-state index contributed by atoms with van der Waals surface area (Å²) in [5, 5.41) is 5.09. The first-order valence-corrected chi connectivity index (χ1v) is 17.3. The number of rotatable bonds is 5. The van der Waals surface area contributed by atoms with E-state index in [0.717, 1.165) is 0 Å². The Morgan fingerprint density at radius 1 is 0.306 bits per heavy atom. The first-order chi connectivity index (χ1) is 23.8. The number of benzene rings is 8. The van der Waals surface area contributed by atoms with Gasteiger partial charge in [0.15, 0.2) is 0 Å². The number of hydrogen-bond donors (Lipinski definition) is 0. The first kappa shape index (κ1) is 30.6. The van der Waals surface area contributed by atoms with Crippen LogP contribution in [0.1, 0.15) is 31.9 Å². The monoisotopic (exact) mass is 628 g/mol. The summed E-state index contributed by atoms with van der Waals surface area (Å²) in [4.78, 5) is 0. The van der Waals surface area contributed by atoms with Crippen LogP contribution in [0, 0.1) is 6.92 Å². The third kappa shape index (κ3) is 5.85. The molecule has 0 unspecified atom stereocenters. The standard InChI is InChI=1S/C49H40/c1-33-18-20-37(21-19-33)39-16-11-17-41(30-39)48-43-28-26-40(35-14-9-6-10-15-35)31-45(43)47(44-29-27-42(32-46(44)48)49(2,3)4)38-24-22-36(23-25-38)34-12-7-5-8-13-34/h5-32H,1-4H3. The lowest BCUT2D eigenvalue weighted by Crippen LogP contribution is -2.10. The van der Waals surface area contributed by atoms with E-state index in [0.29, 0.717) is 0 Å². The van der Waals surface area contributed by atoms with Crippen LogP contribution in [0.15, 0.2) is 170 Å². The van der Waals surface area contributed by atoms with Crippen molar-refractivity contribution >= 4 is 21.5 Å². The maximum atomic E-state index is 2.45. The topological polar surface area (TPSA) is 0 Å².